The number of benzene rings is 1. The molecule has 5 heteroatoms. The van der Waals surface area contributed by atoms with Crippen LogP contribution in [0.4, 0.5) is 15.8 Å². The van der Waals surface area contributed by atoms with E-state index in [4.69, 9.17) is 0 Å². The van der Waals surface area contributed by atoms with Crippen LogP contribution in [0.5, 0.6) is 0 Å². The molecule has 19 heavy (non-hydrogen) atoms. The van der Waals surface area contributed by atoms with Crippen molar-refractivity contribution in [3.05, 3.63) is 24.0 Å². The predicted molar refractivity (Wildman–Crippen MR) is 73.4 cm³/mol. The van der Waals surface area contributed by atoms with Crippen LogP contribution in [-0.4, -0.2) is 11.8 Å². The summed E-state index contributed by atoms with van der Waals surface area (Å²) in [5.74, 6) is -1.04. The lowest BCUT2D eigenvalue weighted by Crippen LogP contribution is -2.21. The number of hydrogen-bond acceptors (Lipinski definition) is 2. The van der Waals surface area contributed by atoms with Crippen molar-refractivity contribution in [1.29, 1.82) is 0 Å². The third kappa shape index (κ3) is 4.35. The van der Waals surface area contributed by atoms with Gasteiger partial charge >= 0.3 is 0 Å². The Kier molecular flexibility index (Phi) is 5.48. The second-order valence-electron chi connectivity index (χ2n) is 4.38. The molecule has 0 atom stereocenters. The number of rotatable bonds is 5. The summed E-state index contributed by atoms with van der Waals surface area (Å²) >= 11 is 0. The number of amides is 2. The summed E-state index contributed by atoms with van der Waals surface area (Å²) in [6.45, 7) is 5.19. The minimum atomic E-state index is -0.532. The summed E-state index contributed by atoms with van der Waals surface area (Å²) < 4.78 is 13.4. The highest BCUT2D eigenvalue weighted by Gasteiger charge is 2.15. The van der Waals surface area contributed by atoms with Gasteiger partial charge < -0.3 is 10.6 Å². The van der Waals surface area contributed by atoms with E-state index in [-0.39, 0.29) is 23.4 Å². The Morgan fingerprint density at radius 2 is 1.84 bits per heavy atom. The summed E-state index contributed by atoms with van der Waals surface area (Å²) in [6.07, 6.45) is 1.50. The normalized spacial score (nSPS) is 10.4. The zero-order valence-electron chi connectivity index (χ0n) is 11.4. The maximum absolute atomic E-state index is 13.4. The van der Waals surface area contributed by atoms with Crippen LogP contribution in [0, 0.1) is 11.7 Å². The molecule has 0 saturated heterocycles. The minimum Gasteiger partial charge on any atom is -0.326 e. The molecule has 0 aliphatic heterocycles. The second-order valence-corrected chi connectivity index (χ2v) is 4.38. The largest absolute Gasteiger partial charge is 0.326 e. The summed E-state index contributed by atoms with van der Waals surface area (Å²) in [5, 5.41) is 5.11. The van der Waals surface area contributed by atoms with Gasteiger partial charge in [-0.2, -0.15) is 0 Å². The fraction of sp³-hybridized carbons (Fsp3) is 0.429. The third-order valence-corrected chi connectivity index (χ3v) is 2.90. The van der Waals surface area contributed by atoms with Crippen molar-refractivity contribution >= 4 is 23.2 Å². The first kappa shape index (κ1) is 15.1. The lowest BCUT2D eigenvalue weighted by atomic mass is 10.0. The quantitative estimate of drug-likeness (QED) is 0.860. The van der Waals surface area contributed by atoms with Crippen LogP contribution < -0.4 is 10.6 Å². The molecule has 0 aromatic heterocycles. The smallest absolute Gasteiger partial charge is 0.227 e. The maximum Gasteiger partial charge on any atom is 0.227 e. The fourth-order valence-electron chi connectivity index (χ4n) is 1.79. The molecule has 1 aromatic carbocycles. The molecule has 0 spiro atoms. The van der Waals surface area contributed by atoms with E-state index in [9.17, 15) is 14.0 Å². The zero-order valence-corrected chi connectivity index (χ0v) is 11.4. The van der Waals surface area contributed by atoms with E-state index in [1.807, 2.05) is 13.8 Å². The average molecular weight is 266 g/mol. The van der Waals surface area contributed by atoms with Crippen molar-refractivity contribution in [3.63, 3.8) is 0 Å². The van der Waals surface area contributed by atoms with Crippen LogP contribution in [0.2, 0.25) is 0 Å². The monoisotopic (exact) mass is 266 g/mol. The zero-order chi connectivity index (χ0) is 14.4. The van der Waals surface area contributed by atoms with Crippen LogP contribution in [0.1, 0.15) is 33.6 Å². The number of nitrogens with one attached hydrogen (secondary N) is 2. The molecule has 2 N–H and O–H groups in total. The van der Waals surface area contributed by atoms with E-state index < -0.39 is 5.82 Å². The van der Waals surface area contributed by atoms with Crippen molar-refractivity contribution in [2.45, 2.75) is 33.6 Å². The van der Waals surface area contributed by atoms with Gasteiger partial charge in [-0.1, -0.05) is 13.8 Å². The lowest BCUT2D eigenvalue weighted by molar-refractivity contribution is -0.120. The molecule has 0 saturated carbocycles. The summed E-state index contributed by atoms with van der Waals surface area (Å²) in [7, 11) is 0. The first-order valence-corrected chi connectivity index (χ1v) is 6.35. The van der Waals surface area contributed by atoms with E-state index in [1.165, 1.54) is 25.1 Å². The van der Waals surface area contributed by atoms with E-state index in [0.717, 1.165) is 12.8 Å². The topological polar surface area (TPSA) is 58.2 Å². The molecule has 0 unspecified atom stereocenters. The number of hydrogen-bond donors (Lipinski definition) is 2. The van der Waals surface area contributed by atoms with Crippen LogP contribution in [-0.2, 0) is 9.59 Å². The summed E-state index contributed by atoms with van der Waals surface area (Å²) in [6, 6.07) is 4.10. The van der Waals surface area contributed by atoms with E-state index >= 15 is 0 Å². The third-order valence-electron chi connectivity index (χ3n) is 2.90. The summed E-state index contributed by atoms with van der Waals surface area (Å²) in [4.78, 5) is 22.8. The van der Waals surface area contributed by atoms with Crippen molar-refractivity contribution in [1.82, 2.24) is 0 Å². The average Bonchev–Trinajstić information content (AvgIpc) is 2.34. The maximum atomic E-state index is 13.4. The molecule has 1 rings (SSSR count). The summed E-state index contributed by atoms with van der Waals surface area (Å²) in [5.41, 5.74) is 0.539. The molecule has 0 radical (unpaired) electrons. The minimum absolute atomic E-state index is 0.0609. The van der Waals surface area contributed by atoms with Gasteiger partial charge in [-0.25, -0.2) is 4.39 Å². The van der Waals surface area contributed by atoms with Crippen LogP contribution >= 0.6 is 0 Å². The molecule has 104 valence electrons. The van der Waals surface area contributed by atoms with E-state index in [1.54, 1.807) is 0 Å². The SMILES string of the molecule is CCC(CC)C(=O)Nc1ccc(F)c(NC(C)=O)c1. The second kappa shape index (κ2) is 6.87. The van der Waals surface area contributed by atoms with Gasteiger partial charge in [0.25, 0.3) is 0 Å². The number of halogens is 1. The lowest BCUT2D eigenvalue weighted by Gasteiger charge is -2.13. The van der Waals surface area contributed by atoms with Crippen molar-refractivity contribution in [3.8, 4) is 0 Å². The molecule has 0 aliphatic rings. The Bertz CT molecular complexity index is 471. The standard InChI is InChI=1S/C14H19FN2O2/c1-4-10(5-2)14(19)17-11-6-7-12(15)13(8-11)16-9(3)18/h6-8,10H,4-5H2,1-3H3,(H,16,18)(H,17,19). The van der Waals surface area contributed by atoms with Gasteiger partial charge in [-0.05, 0) is 31.0 Å². The first-order valence-electron chi connectivity index (χ1n) is 6.35. The van der Waals surface area contributed by atoms with E-state index in [2.05, 4.69) is 10.6 Å². The Hall–Kier alpha value is -1.91. The first-order chi connectivity index (χ1) is 8.97. The number of anilines is 2. The molecule has 0 heterocycles. The van der Waals surface area contributed by atoms with Gasteiger partial charge in [0.05, 0.1) is 5.69 Å². The molecule has 2 amide bonds. The number of carbonyl (C=O) groups is 2. The predicted octanol–water partition coefficient (Wildman–Crippen LogP) is 3.16. The van der Waals surface area contributed by atoms with Gasteiger partial charge in [0.15, 0.2) is 0 Å². The Labute approximate surface area is 112 Å². The van der Waals surface area contributed by atoms with Gasteiger partial charge in [0, 0.05) is 18.5 Å². The molecule has 4 nitrogen and oxygen atoms in total. The molecule has 0 aliphatic carbocycles. The fourth-order valence-corrected chi connectivity index (χ4v) is 1.79. The highest BCUT2D eigenvalue weighted by atomic mass is 19.1. The van der Waals surface area contributed by atoms with Gasteiger partial charge in [-0.3, -0.25) is 9.59 Å². The highest BCUT2D eigenvalue weighted by Crippen LogP contribution is 2.21. The number of carbonyl (C=O) groups excluding carboxylic acids is 2. The van der Waals surface area contributed by atoms with E-state index in [0.29, 0.717) is 5.69 Å². The Balaban J connectivity index is 2.84. The molecular weight excluding hydrogens is 247 g/mol. The van der Waals surface area contributed by atoms with Crippen molar-refractivity contribution < 1.29 is 14.0 Å². The van der Waals surface area contributed by atoms with Crippen LogP contribution in [0.15, 0.2) is 18.2 Å². The molecule has 0 bridgehead atoms. The Morgan fingerprint density at radius 1 is 1.21 bits per heavy atom. The molecule has 0 fully saturated rings. The highest BCUT2D eigenvalue weighted by molar-refractivity contribution is 5.94. The van der Waals surface area contributed by atoms with Gasteiger partial charge in [-0.15, -0.1) is 0 Å². The Morgan fingerprint density at radius 3 is 2.37 bits per heavy atom. The van der Waals surface area contributed by atoms with Crippen molar-refractivity contribution in [2.24, 2.45) is 5.92 Å². The van der Waals surface area contributed by atoms with Crippen LogP contribution in [0.3, 0.4) is 0 Å². The molecular formula is C14H19FN2O2. The van der Waals surface area contributed by atoms with Crippen molar-refractivity contribution in [2.75, 3.05) is 10.6 Å². The molecule has 1 aromatic rings. The van der Waals surface area contributed by atoms with Crippen LogP contribution in [0.25, 0.3) is 0 Å². The van der Waals surface area contributed by atoms with Gasteiger partial charge in [0.2, 0.25) is 11.8 Å². The van der Waals surface area contributed by atoms with Gasteiger partial charge in [0.1, 0.15) is 5.82 Å².